The molecule has 2 aromatic heterocycles. The fourth-order valence-electron chi connectivity index (χ4n) is 3.60. The number of rotatable bonds is 6. The van der Waals surface area contributed by atoms with Gasteiger partial charge < -0.3 is 15.0 Å². The molecule has 0 spiro atoms. The predicted octanol–water partition coefficient (Wildman–Crippen LogP) is 3.86. The summed E-state index contributed by atoms with van der Waals surface area (Å²) in [4.78, 5) is 9.69. The third-order valence-electron chi connectivity index (χ3n) is 5.51. The summed E-state index contributed by atoms with van der Waals surface area (Å²) >= 11 is 5.95. The van der Waals surface area contributed by atoms with Crippen molar-refractivity contribution in [2.75, 3.05) is 18.2 Å². The lowest BCUT2D eigenvalue weighted by molar-refractivity contribution is 0.144. The minimum absolute atomic E-state index is 0.0355. The van der Waals surface area contributed by atoms with E-state index in [0.29, 0.717) is 15.6 Å². The third kappa shape index (κ3) is 3.82. The van der Waals surface area contributed by atoms with Crippen LogP contribution in [0.3, 0.4) is 0 Å². The molecule has 3 aromatic rings. The Morgan fingerprint density at radius 3 is 2.62 bits per heavy atom. The van der Waals surface area contributed by atoms with Crippen molar-refractivity contribution in [1.82, 2.24) is 14.5 Å². The number of fused-ring (bicyclic) bond motifs is 1. The Labute approximate surface area is 177 Å². The molecular formula is C21H23ClN4O2S. The molecule has 1 aliphatic carbocycles. The van der Waals surface area contributed by atoms with Crippen molar-refractivity contribution >= 4 is 51.4 Å². The van der Waals surface area contributed by atoms with Gasteiger partial charge in [0, 0.05) is 24.5 Å². The number of imidazole rings is 1. The van der Waals surface area contributed by atoms with Crippen molar-refractivity contribution in [3.05, 3.63) is 46.9 Å². The number of anilines is 1. The Kier molecular flexibility index (Phi) is 5.46. The number of nitrogens with one attached hydrogen (secondary N) is 1. The van der Waals surface area contributed by atoms with Crippen LogP contribution < -0.4 is 5.32 Å². The molecule has 29 heavy (non-hydrogen) atoms. The zero-order valence-electron chi connectivity index (χ0n) is 16.4. The Balaban J connectivity index is 1.79. The number of halogens is 1. The number of aromatic nitrogens is 3. The Bertz CT molecular complexity index is 1100. The molecule has 1 saturated carbocycles. The molecule has 0 amide bonds. The van der Waals surface area contributed by atoms with E-state index in [1.54, 1.807) is 12.5 Å². The van der Waals surface area contributed by atoms with Gasteiger partial charge >= 0.3 is 0 Å². The average molecular weight is 431 g/mol. The van der Waals surface area contributed by atoms with E-state index in [2.05, 4.69) is 15.3 Å². The van der Waals surface area contributed by atoms with Gasteiger partial charge in [-0.2, -0.15) is 0 Å². The first kappa shape index (κ1) is 20.1. The van der Waals surface area contributed by atoms with Gasteiger partial charge in [-0.3, -0.25) is 4.21 Å². The molecule has 1 aromatic carbocycles. The van der Waals surface area contributed by atoms with Crippen molar-refractivity contribution in [1.29, 1.82) is 0 Å². The first-order valence-corrected chi connectivity index (χ1v) is 11.4. The highest BCUT2D eigenvalue weighted by molar-refractivity contribution is 7.84. The molecule has 4 rings (SSSR count). The van der Waals surface area contributed by atoms with Gasteiger partial charge in [0.1, 0.15) is 11.3 Å². The number of hydrogen-bond donors (Lipinski definition) is 2. The second kappa shape index (κ2) is 7.89. The number of aliphatic hydroxyl groups is 1. The largest absolute Gasteiger partial charge is 0.394 e. The summed E-state index contributed by atoms with van der Waals surface area (Å²) in [7, 11) is 0.691. The van der Waals surface area contributed by atoms with E-state index in [4.69, 9.17) is 11.6 Å². The lowest BCUT2D eigenvalue weighted by Crippen LogP contribution is -2.48. The Morgan fingerprint density at radius 2 is 2.03 bits per heavy atom. The summed E-state index contributed by atoms with van der Waals surface area (Å²) in [5.41, 5.74) is 2.74. The zero-order chi connectivity index (χ0) is 20.6. The van der Waals surface area contributed by atoms with Gasteiger partial charge in [0.2, 0.25) is 0 Å². The van der Waals surface area contributed by atoms with Crippen molar-refractivity contribution in [3.8, 4) is 0 Å². The smallest absolute Gasteiger partial charge is 0.180 e. The zero-order valence-corrected chi connectivity index (χ0v) is 17.9. The van der Waals surface area contributed by atoms with Crippen LogP contribution in [0, 0.1) is 0 Å². The van der Waals surface area contributed by atoms with Crippen LogP contribution >= 0.6 is 11.6 Å². The first-order valence-electron chi connectivity index (χ1n) is 9.44. The molecule has 6 nitrogen and oxygen atoms in total. The summed E-state index contributed by atoms with van der Waals surface area (Å²) in [6.07, 6.45) is 9.96. The van der Waals surface area contributed by atoms with E-state index in [1.165, 1.54) is 0 Å². The van der Waals surface area contributed by atoms with Gasteiger partial charge in [-0.1, -0.05) is 29.8 Å². The van der Waals surface area contributed by atoms with Crippen molar-refractivity contribution in [2.45, 2.75) is 29.7 Å². The number of aryl methyl sites for hydroxylation is 1. The number of nitrogens with zero attached hydrogens (tertiary/aromatic N) is 3. The summed E-state index contributed by atoms with van der Waals surface area (Å²) in [5, 5.41) is 14.1. The van der Waals surface area contributed by atoms with Crippen molar-refractivity contribution in [3.63, 3.8) is 0 Å². The number of pyridine rings is 1. The minimum atomic E-state index is -1.22. The van der Waals surface area contributed by atoms with E-state index in [0.717, 1.165) is 41.9 Å². The molecule has 0 aliphatic heterocycles. The van der Waals surface area contributed by atoms with E-state index in [9.17, 15) is 9.32 Å². The average Bonchev–Trinajstić information content (AvgIpc) is 3.00. The van der Waals surface area contributed by atoms with Gasteiger partial charge in [-0.25, -0.2) is 9.97 Å². The van der Waals surface area contributed by atoms with Crippen molar-refractivity contribution < 1.29 is 9.32 Å². The monoisotopic (exact) mass is 430 g/mol. The maximum absolute atomic E-state index is 12.4. The number of benzene rings is 1. The highest BCUT2D eigenvalue weighted by Gasteiger charge is 2.37. The van der Waals surface area contributed by atoms with Crippen LogP contribution in [0.2, 0.25) is 5.02 Å². The number of hydrogen-bond acceptors (Lipinski definition) is 5. The molecule has 8 heteroatoms. The SMILES string of the molecule is Cn1c(/C=C/c2ccc(Cl)cc2)nc2ncc(S(C)=O)c(NC3(CO)CCC3)c21. The van der Waals surface area contributed by atoms with Gasteiger partial charge in [0.25, 0.3) is 0 Å². The molecule has 1 aliphatic rings. The quantitative estimate of drug-likeness (QED) is 0.620. The topological polar surface area (TPSA) is 80.0 Å². The lowest BCUT2D eigenvalue weighted by atomic mass is 9.77. The predicted molar refractivity (Wildman–Crippen MR) is 119 cm³/mol. The van der Waals surface area contributed by atoms with Crippen LogP contribution in [0.5, 0.6) is 0 Å². The van der Waals surface area contributed by atoms with Crippen LogP contribution in [0.1, 0.15) is 30.7 Å². The molecule has 0 radical (unpaired) electrons. The molecule has 152 valence electrons. The Hall–Kier alpha value is -2.22. The minimum Gasteiger partial charge on any atom is -0.394 e. The van der Waals surface area contributed by atoms with Crippen LogP contribution in [-0.4, -0.2) is 42.3 Å². The van der Waals surface area contributed by atoms with Gasteiger partial charge in [-0.15, -0.1) is 0 Å². The van der Waals surface area contributed by atoms with Crippen molar-refractivity contribution in [2.24, 2.45) is 7.05 Å². The standard InChI is InChI=1S/C21H23ClN4O2S/c1-26-17(9-6-14-4-7-15(22)8-5-14)24-20-19(26)18(16(12-23-20)29(2)28)25-21(13-27)10-3-11-21/h4-9,12,27H,3,10-11,13H2,1-2H3,(H,23,25)/b9-6+. The fraction of sp³-hybridized carbons (Fsp3) is 0.333. The third-order valence-corrected chi connectivity index (χ3v) is 6.69. The van der Waals surface area contributed by atoms with E-state index in [-0.39, 0.29) is 12.1 Å². The van der Waals surface area contributed by atoms with Crippen LogP contribution in [0.25, 0.3) is 23.3 Å². The molecular weight excluding hydrogens is 408 g/mol. The molecule has 1 unspecified atom stereocenters. The summed E-state index contributed by atoms with van der Waals surface area (Å²) < 4.78 is 14.3. The van der Waals surface area contributed by atoms with E-state index >= 15 is 0 Å². The summed E-state index contributed by atoms with van der Waals surface area (Å²) in [6.45, 7) is 0.0355. The molecule has 0 bridgehead atoms. The normalized spacial score (nSPS) is 16.8. The highest BCUT2D eigenvalue weighted by Crippen LogP contribution is 2.39. The van der Waals surface area contributed by atoms with E-state index in [1.807, 2.05) is 48.0 Å². The molecule has 2 N–H and O–H groups in total. The Morgan fingerprint density at radius 1 is 1.31 bits per heavy atom. The molecule has 1 atom stereocenters. The fourth-order valence-corrected chi connectivity index (χ4v) is 4.36. The van der Waals surface area contributed by atoms with Crippen LogP contribution in [-0.2, 0) is 17.8 Å². The maximum Gasteiger partial charge on any atom is 0.180 e. The summed E-state index contributed by atoms with van der Waals surface area (Å²) in [5.74, 6) is 0.733. The van der Waals surface area contributed by atoms with E-state index < -0.39 is 10.8 Å². The highest BCUT2D eigenvalue weighted by atomic mass is 35.5. The van der Waals surface area contributed by atoms with Gasteiger partial charge in [-0.05, 0) is 43.0 Å². The second-order valence-corrected chi connectivity index (χ2v) is 9.24. The molecule has 1 fully saturated rings. The lowest BCUT2D eigenvalue weighted by Gasteiger charge is -2.42. The van der Waals surface area contributed by atoms with Crippen LogP contribution in [0.15, 0.2) is 35.4 Å². The summed E-state index contributed by atoms with van der Waals surface area (Å²) in [6, 6.07) is 7.56. The second-order valence-electron chi connectivity index (χ2n) is 7.45. The van der Waals surface area contributed by atoms with Gasteiger partial charge in [0.15, 0.2) is 5.65 Å². The van der Waals surface area contributed by atoms with Gasteiger partial charge in [0.05, 0.1) is 33.5 Å². The first-order chi connectivity index (χ1) is 13.9. The molecule has 2 heterocycles. The molecule has 0 saturated heterocycles. The van der Waals surface area contributed by atoms with Crippen LogP contribution in [0.4, 0.5) is 5.69 Å². The maximum atomic E-state index is 12.4. The number of aliphatic hydroxyl groups excluding tert-OH is 1.